The van der Waals surface area contributed by atoms with Crippen LogP contribution in [0.1, 0.15) is 5.56 Å². The van der Waals surface area contributed by atoms with Gasteiger partial charge in [0.15, 0.2) is 0 Å². The molecule has 1 aromatic rings. The molecule has 0 atom stereocenters. The molecule has 0 unspecified atom stereocenters. The van der Waals surface area contributed by atoms with Crippen LogP contribution in [-0.2, 0) is 6.04 Å². The standard InChI is InChI=1S/C9H12FSi/c1-11(2)7-8-4-3-5-9(10)6-8/h3-6H,7H2,1-2H3. The summed E-state index contributed by atoms with van der Waals surface area (Å²) in [5.74, 6) is -0.120. The minimum atomic E-state index is -0.270. The quantitative estimate of drug-likeness (QED) is 0.594. The van der Waals surface area contributed by atoms with Crippen LogP contribution in [0.5, 0.6) is 0 Å². The molecule has 0 aliphatic rings. The van der Waals surface area contributed by atoms with Gasteiger partial charge in [0.25, 0.3) is 0 Å². The number of hydrogen-bond donors (Lipinski definition) is 0. The van der Waals surface area contributed by atoms with Gasteiger partial charge in [0.1, 0.15) is 5.82 Å². The first kappa shape index (κ1) is 8.46. The molecule has 0 aliphatic carbocycles. The van der Waals surface area contributed by atoms with Crippen LogP contribution in [0.15, 0.2) is 24.3 Å². The third-order valence-corrected chi connectivity index (χ3v) is 2.56. The highest BCUT2D eigenvalue weighted by Crippen LogP contribution is 2.05. The molecule has 1 radical (unpaired) electrons. The molecule has 1 rings (SSSR count). The average molecular weight is 167 g/mol. The van der Waals surface area contributed by atoms with E-state index in [1.165, 1.54) is 6.07 Å². The minimum Gasteiger partial charge on any atom is -0.207 e. The second-order valence-electron chi connectivity index (χ2n) is 3.01. The molecule has 0 aromatic heterocycles. The Morgan fingerprint density at radius 1 is 1.36 bits per heavy atom. The third-order valence-electron chi connectivity index (χ3n) is 1.45. The van der Waals surface area contributed by atoms with Crippen molar-refractivity contribution in [1.82, 2.24) is 0 Å². The van der Waals surface area contributed by atoms with E-state index in [1.54, 1.807) is 12.1 Å². The normalized spacial score (nSPS) is 10.5. The van der Waals surface area contributed by atoms with Crippen LogP contribution in [0.2, 0.25) is 13.1 Å². The number of hydrogen-bond acceptors (Lipinski definition) is 0. The van der Waals surface area contributed by atoms with E-state index in [0.717, 1.165) is 11.6 Å². The zero-order valence-corrected chi connectivity index (χ0v) is 7.89. The maximum absolute atomic E-state index is 12.6. The molecular weight excluding hydrogens is 155 g/mol. The van der Waals surface area contributed by atoms with E-state index in [0.29, 0.717) is 0 Å². The molecule has 0 saturated carbocycles. The fourth-order valence-electron chi connectivity index (χ4n) is 1.06. The van der Waals surface area contributed by atoms with Crippen LogP contribution in [0.25, 0.3) is 0 Å². The maximum atomic E-state index is 12.6. The van der Waals surface area contributed by atoms with Gasteiger partial charge in [-0.15, -0.1) is 0 Å². The summed E-state index contributed by atoms with van der Waals surface area (Å²) in [7, 11) is -0.270. The van der Waals surface area contributed by atoms with E-state index in [1.807, 2.05) is 6.07 Å². The van der Waals surface area contributed by atoms with Gasteiger partial charge < -0.3 is 0 Å². The Hall–Kier alpha value is -0.633. The highest BCUT2D eigenvalue weighted by Gasteiger charge is 1.99. The molecule has 0 amide bonds. The second kappa shape index (κ2) is 3.67. The molecule has 11 heavy (non-hydrogen) atoms. The number of halogens is 1. The zero-order chi connectivity index (χ0) is 8.27. The first-order valence-electron chi connectivity index (χ1n) is 3.72. The van der Waals surface area contributed by atoms with Gasteiger partial charge in [0, 0.05) is 8.80 Å². The van der Waals surface area contributed by atoms with Gasteiger partial charge in [0.2, 0.25) is 0 Å². The summed E-state index contributed by atoms with van der Waals surface area (Å²) in [6.07, 6.45) is 0. The molecule has 0 heterocycles. The molecule has 0 saturated heterocycles. The van der Waals surface area contributed by atoms with Gasteiger partial charge in [-0.25, -0.2) is 4.39 Å². The van der Waals surface area contributed by atoms with E-state index in [9.17, 15) is 4.39 Å². The van der Waals surface area contributed by atoms with Crippen LogP contribution in [0.3, 0.4) is 0 Å². The van der Waals surface area contributed by atoms with Crippen LogP contribution < -0.4 is 0 Å². The molecule has 2 heteroatoms. The fraction of sp³-hybridized carbons (Fsp3) is 0.333. The van der Waals surface area contributed by atoms with Crippen LogP contribution in [-0.4, -0.2) is 8.80 Å². The first-order chi connectivity index (χ1) is 5.18. The molecule has 0 bridgehead atoms. The van der Waals surface area contributed by atoms with E-state index in [4.69, 9.17) is 0 Å². The first-order valence-corrected chi connectivity index (χ1v) is 6.42. The third kappa shape index (κ3) is 2.85. The Bertz CT molecular complexity index is 233. The molecule has 59 valence electrons. The lowest BCUT2D eigenvalue weighted by Crippen LogP contribution is -2.05. The minimum absolute atomic E-state index is 0.120. The Kier molecular flexibility index (Phi) is 2.82. The lowest BCUT2D eigenvalue weighted by atomic mass is 10.2. The topological polar surface area (TPSA) is 0 Å². The maximum Gasteiger partial charge on any atom is 0.123 e. The van der Waals surface area contributed by atoms with Crippen molar-refractivity contribution in [3.63, 3.8) is 0 Å². The highest BCUT2D eigenvalue weighted by molar-refractivity contribution is 6.55. The largest absolute Gasteiger partial charge is 0.207 e. The molecule has 0 spiro atoms. The summed E-state index contributed by atoms with van der Waals surface area (Å²) in [5.41, 5.74) is 1.13. The molecule has 0 nitrogen and oxygen atoms in total. The highest BCUT2D eigenvalue weighted by atomic mass is 28.3. The lowest BCUT2D eigenvalue weighted by Gasteiger charge is -2.01. The van der Waals surface area contributed by atoms with Crippen molar-refractivity contribution in [2.45, 2.75) is 19.1 Å². The van der Waals surface area contributed by atoms with Gasteiger partial charge in [-0.05, 0) is 23.7 Å². The predicted molar refractivity (Wildman–Crippen MR) is 47.6 cm³/mol. The smallest absolute Gasteiger partial charge is 0.123 e. The molecule has 0 N–H and O–H groups in total. The lowest BCUT2D eigenvalue weighted by molar-refractivity contribution is 0.626. The van der Waals surface area contributed by atoms with E-state index in [-0.39, 0.29) is 14.6 Å². The Labute approximate surface area is 68.7 Å². The van der Waals surface area contributed by atoms with Crippen molar-refractivity contribution in [2.75, 3.05) is 0 Å². The van der Waals surface area contributed by atoms with Crippen molar-refractivity contribution >= 4 is 8.80 Å². The van der Waals surface area contributed by atoms with E-state index < -0.39 is 0 Å². The van der Waals surface area contributed by atoms with Crippen LogP contribution in [0.4, 0.5) is 4.39 Å². The van der Waals surface area contributed by atoms with Gasteiger partial charge in [0.05, 0.1) is 0 Å². The molecule has 1 aromatic carbocycles. The summed E-state index contributed by atoms with van der Waals surface area (Å²) < 4.78 is 12.6. The van der Waals surface area contributed by atoms with Gasteiger partial charge in [-0.3, -0.25) is 0 Å². The van der Waals surface area contributed by atoms with Crippen LogP contribution >= 0.6 is 0 Å². The number of rotatable bonds is 2. The average Bonchev–Trinajstić information content (AvgIpc) is 1.85. The monoisotopic (exact) mass is 167 g/mol. The fourth-order valence-corrected chi connectivity index (χ4v) is 2.09. The Morgan fingerprint density at radius 2 is 2.09 bits per heavy atom. The van der Waals surface area contributed by atoms with Crippen molar-refractivity contribution in [3.8, 4) is 0 Å². The summed E-state index contributed by atoms with van der Waals surface area (Å²) in [5, 5.41) is 0. The second-order valence-corrected chi connectivity index (χ2v) is 5.78. The summed E-state index contributed by atoms with van der Waals surface area (Å²) in [4.78, 5) is 0. The summed E-state index contributed by atoms with van der Waals surface area (Å²) in [6, 6.07) is 7.93. The Morgan fingerprint density at radius 3 is 2.64 bits per heavy atom. The van der Waals surface area contributed by atoms with Crippen molar-refractivity contribution in [1.29, 1.82) is 0 Å². The molecule has 0 aliphatic heterocycles. The van der Waals surface area contributed by atoms with Crippen LogP contribution in [0, 0.1) is 5.82 Å². The molecule has 0 fully saturated rings. The van der Waals surface area contributed by atoms with Gasteiger partial charge in [-0.1, -0.05) is 25.2 Å². The number of benzene rings is 1. The molecular formula is C9H12FSi. The zero-order valence-electron chi connectivity index (χ0n) is 6.89. The summed E-state index contributed by atoms with van der Waals surface area (Å²) in [6.45, 7) is 4.46. The summed E-state index contributed by atoms with van der Waals surface area (Å²) >= 11 is 0. The van der Waals surface area contributed by atoms with Crippen molar-refractivity contribution in [3.05, 3.63) is 35.6 Å². The van der Waals surface area contributed by atoms with Gasteiger partial charge in [-0.2, -0.15) is 0 Å². The predicted octanol–water partition coefficient (Wildman–Crippen LogP) is 2.66. The van der Waals surface area contributed by atoms with Gasteiger partial charge >= 0.3 is 0 Å². The van der Waals surface area contributed by atoms with Crippen molar-refractivity contribution < 1.29 is 4.39 Å². The van der Waals surface area contributed by atoms with E-state index >= 15 is 0 Å². The van der Waals surface area contributed by atoms with E-state index in [2.05, 4.69) is 13.1 Å². The van der Waals surface area contributed by atoms with Crippen molar-refractivity contribution in [2.24, 2.45) is 0 Å². The Balaban J connectivity index is 2.71. The SMILES string of the molecule is C[Si](C)Cc1cccc(F)c1.